The second kappa shape index (κ2) is 8.02. The molecule has 130 valence electrons. The maximum absolute atomic E-state index is 2.86. The fourth-order valence-electron chi connectivity index (χ4n) is 4.08. The zero-order valence-electron chi connectivity index (χ0n) is 15.1. The number of unbranched alkanes of at least 4 members (excludes halogenated alkanes) is 1. The van der Waals surface area contributed by atoms with Crippen LogP contribution in [0.5, 0.6) is 0 Å². The first-order valence-corrected chi connectivity index (χ1v) is 10.4. The molecule has 0 bridgehead atoms. The van der Waals surface area contributed by atoms with Gasteiger partial charge in [0.25, 0.3) is 0 Å². The summed E-state index contributed by atoms with van der Waals surface area (Å²) in [6.45, 7) is 0. The molecule has 0 aliphatic carbocycles. The van der Waals surface area contributed by atoms with Crippen molar-refractivity contribution in [1.29, 1.82) is 0 Å². The van der Waals surface area contributed by atoms with Crippen LogP contribution in [0.2, 0.25) is 0 Å². The molecule has 1 atom stereocenters. The molecule has 0 aromatic heterocycles. The molecule has 0 spiro atoms. The van der Waals surface area contributed by atoms with E-state index in [1.165, 1.54) is 58.1 Å². The predicted molar refractivity (Wildman–Crippen MR) is 118 cm³/mol. The Morgan fingerprint density at radius 3 is 1.62 bits per heavy atom. The molecular formula is C25H25P. The lowest BCUT2D eigenvalue weighted by molar-refractivity contribution is 0.659. The van der Waals surface area contributed by atoms with Crippen molar-refractivity contribution in [2.24, 2.45) is 0 Å². The molecular weight excluding hydrogens is 331 g/mol. The van der Waals surface area contributed by atoms with Crippen LogP contribution >= 0.6 is 9.24 Å². The Balaban J connectivity index is 1.89. The normalized spacial score (nSPS) is 11.5. The average molecular weight is 356 g/mol. The van der Waals surface area contributed by atoms with E-state index >= 15 is 0 Å². The van der Waals surface area contributed by atoms with E-state index in [-0.39, 0.29) is 0 Å². The summed E-state index contributed by atoms with van der Waals surface area (Å²) in [7, 11) is 2.86. The summed E-state index contributed by atoms with van der Waals surface area (Å²) in [4.78, 5) is 0. The van der Waals surface area contributed by atoms with Gasteiger partial charge in [0, 0.05) is 5.92 Å². The van der Waals surface area contributed by atoms with Crippen molar-refractivity contribution in [2.75, 3.05) is 6.16 Å². The first-order chi connectivity index (χ1) is 12.9. The van der Waals surface area contributed by atoms with Gasteiger partial charge in [-0.2, -0.15) is 0 Å². The molecule has 4 rings (SSSR count). The lowest BCUT2D eigenvalue weighted by Gasteiger charge is -2.22. The summed E-state index contributed by atoms with van der Waals surface area (Å²) >= 11 is 0. The zero-order valence-corrected chi connectivity index (χ0v) is 16.2. The highest BCUT2D eigenvalue weighted by atomic mass is 31.0. The first-order valence-electron chi connectivity index (χ1n) is 9.54. The second-order valence-electron chi connectivity index (χ2n) is 6.97. The van der Waals surface area contributed by atoms with E-state index in [1.54, 1.807) is 0 Å². The standard InChI is InChI=1S/C25H25P/c26-18-6-5-15-25(23-16-7-11-19-9-1-3-13-21(19)23)24-17-8-12-20-10-2-4-14-22(20)24/h1-4,7-14,16-17,25H,5-6,15,18,26H2. The van der Waals surface area contributed by atoms with Crippen molar-refractivity contribution < 1.29 is 0 Å². The molecule has 4 aromatic carbocycles. The Labute approximate surface area is 158 Å². The molecule has 0 amide bonds. The monoisotopic (exact) mass is 356 g/mol. The Morgan fingerprint density at radius 1 is 0.577 bits per heavy atom. The molecule has 0 heterocycles. The lowest BCUT2D eigenvalue weighted by atomic mass is 9.82. The van der Waals surface area contributed by atoms with Gasteiger partial charge in [-0.05, 0) is 51.7 Å². The molecule has 0 aliphatic rings. The Hall–Kier alpha value is -2.17. The van der Waals surface area contributed by atoms with Crippen molar-refractivity contribution in [3.05, 3.63) is 96.1 Å². The second-order valence-corrected chi connectivity index (χ2v) is 7.55. The van der Waals surface area contributed by atoms with Gasteiger partial charge in [0.15, 0.2) is 0 Å². The number of rotatable bonds is 6. The molecule has 0 radical (unpaired) electrons. The van der Waals surface area contributed by atoms with Gasteiger partial charge in [0.1, 0.15) is 0 Å². The van der Waals surface area contributed by atoms with Crippen LogP contribution in [0.25, 0.3) is 21.5 Å². The van der Waals surface area contributed by atoms with Gasteiger partial charge in [-0.1, -0.05) is 91.3 Å². The highest BCUT2D eigenvalue weighted by molar-refractivity contribution is 7.16. The minimum atomic E-state index is 0.434. The molecule has 1 unspecified atom stereocenters. The molecule has 0 saturated carbocycles. The van der Waals surface area contributed by atoms with Crippen molar-refractivity contribution in [2.45, 2.75) is 25.2 Å². The maximum atomic E-state index is 2.86. The van der Waals surface area contributed by atoms with Crippen LogP contribution in [0.4, 0.5) is 0 Å². The third kappa shape index (κ3) is 3.39. The topological polar surface area (TPSA) is 0 Å². The van der Waals surface area contributed by atoms with Crippen LogP contribution < -0.4 is 0 Å². The van der Waals surface area contributed by atoms with E-state index in [0.29, 0.717) is 5.92 Å². The van der Waals surface area contributed by atoms with Crippen LogP contribution in [0.1, 0.15) is 36.3 Å². The van der Waals surface area contributed by atoms with E-state index in [2.05, 4.69) is 94.2 Å². The summed E-state index contributed by atoms with van der Waals surface area (Å²) in [6, 6.07) is 31.1. The van der Waals surface area contributed by atoms with E-state index in [4.69, 9.17) is 0 Å². The molecule has 0 nitrogen and oxygen atoms in total. The van der Waals surface area contributed by atoms with Crippen molar-refractivity contribution >= 4 is 30.8 Å². The summed E-state index contributed by atoms with van der Waals surface area (Å²) in [5, 5.41) is 5.44. The van der Waals surface area contributed by atoms with Gasteiger partial charge in [0.05, 0.1) is 0 Å². The quantitative estimate of drug-likeness (QED) is 0.254. The third-order valence-electron chi connectivity index (χ3n) is 5.34. The van der Waals surface area contributed by atoms with Crippen LogP contribution in [0, 0.1) is 0 Å². The molecule has 4 aromatic rings. The number of benzene rings is 4. The number of hydrogen-bond acceptors (Lipinski definition) is 0. The molecule has 1 heteroatoms. The summed E-state index contributed by atoms with van der Waals surface area (Å²) in [5.41, 5.74) is 2.92. The minimum Gasteiger partial charge on any atom is -0.138 e. The molecule has 0 N–H and O–H groups in total. The summed E-state index contributed by atoms with van der Waals surface area (Å²) in [5.74, 6) is 0.434. The van der Waals surface area contributed by atoms with E-state index in [9.17, 15) is 0 Å². The van der Waals surface area contributed by atoms with E-state index in [0.717, 1.165) is 0 Å². The van der Waals surface area contributed by atoms with Gasteiger partial charge in [-0.3, -0.25) is 0 Å². The van der Waals surface area contributed by atoms with Gasteiger partial charge >= 0.3 is 0 Å². The Bertz CT molecular complexity index is 929. The highest BCUT2D eigenvalue weighted by Crippen LogP contribution is 2.37. The SMILES string of the molecule is PCCCCC(c1cccc2ccccc12)c1cccc2ccccc12. The molecule has 0 saturated heterocycles. The van der Waals surface area contributed by atoms with Crippen molar-refractivity contribution in [1.82, 2.24) is 0 Å². The largest absolute Gasteiger partial charge is 0.138 e. The summed E-state index contributed by atoms with van der Waals surface area (Å²) in [6.07, 6.45) is 4.88. The predicted octanol–water partition coefficient (Wildman–Crippen LogP) is 7.17. The van der Waals surface area contributed by atoms with Crippen LogP contribution in [0.3, 0.4) is 0 Å². The fourth-order valence-corrected chi connectivity index (χ4v) is 4.37. The number of fused-ring (bicyclic) bond motifs is 2. The Kier molecular flexibility index (Phi) is 5.32. The Morgan fingerprint density at radius 2 is 1.08 bits per heavy atom. The van der Waals surface area contributed by atoms with Gasteiger partial charge in [0.2, 0.25) is 0 Å². The molecule has 26 heavy (non-hydrogen) atoms. The number of hydrogen-bond donors (Lipinski definition) is 0. The van der Waals surface area contributed by atoms with E-state index < -0.39 is 0 Å². The van der Waals surface area contributed by atoms with Gasteiger partial charge in [-0.25, -0.2) is 0 Å². The van der Waals surface area contributed by atoms with Crippen LogP contribution in [-0.2, 0) is 0 Å². The first kappa shape index (κ1) is 17.3. The highest BCUT2D eigenvalue weighted by Gasteiger charge is 2.18. The van der Waals surface area contributed by atoms with Crippen molar-refractivity contribution in [3.8, 4) is 0 Å². The maximum Gasteiger partial charge on any atom is 0.0102 e. The van der Waals surface area contributed by atoms with E-state index in [1.807, 2.05) is 0 Å². The lowest BCUT2D eigenvalue weighted by Crippen LogP contribution is -2.03. The zero-order chi connectivity index (χ0) is 17.8. The third-order valence-corrected chi connectivity index (χ3v) is 5.75. The summed E-state index contributed by atoms with van der Waals surface area (Å²) < 4.78 is 0. The molecule has 0 aliphatic heterocycles. The van der Waals surface area contributed by atoms with Gasteiger partial charge in [-0.15, -0.1) is 9.24 Å². The van der Waals surface area contributed by atoms with Crippen LogP contribution in [-0.4, -0.2) is 6.16 Å². The smallest absolute Gasteiger partial charge is 0.0102 e. The van der Waals surface area contributed by atoms with Crippen LogP contribution in [0.15, 0.2) is 84.9 Å². The minimum absolute atomic E-state index is 0.434. The molecule has 0 fully saturated rings. The fraction of sp³-hybridized carbons (Fsp3) is 0.200. The average Bonchev–Trinajstić information content (AvgIpc) is 2.71. The van der Waals surface area contributed by atoms with Gasteiger partial charge < -0.3 is 0 Å². The van der Waals surface area contributed by atoms with Crippen molar-refractivity contribution in [3.63, 3.8) is 0 Å².